The van der Waals surface area contributed by atoms with Crippen molar-refractivity contribution in [3.63, 3.8) is 0 Å². The molecular formula is C14H21BrClN. The SMILES string of the molecule is CCCCCCC(C)Nc1ccc(Cl)c(Br)c1. The predicted molar refractivity (Wildman–Crippen MR) is 81.0 cm³/mol. The Kier molecular flexibility index (Phi) is 6.98. The number of rotatable bonds is 7. The van der Waals surface area contributed by atoms with Gasteiger partial charge >= 0.3 is 0 Å². The number of benzene rings is 1. The van der Waals surface area contributed by atoms with E-state index < -0.39 is 0 Å². The van der Waals surface area contributed by atoms with Crippen molar-refractivity contribution in [2.75, 3.05) is 5.32 Å². The molecule has 0 amide bonds. The van der Waals surface area contributed by atoms with E-state index in [9.17, 15) is 0 Å². The van der Waals surface area contributed by atoms with Crippen molar-refractivity contribution < 1.29 is 0 Å². The Bertz CT molecular complexity index is 341. The van der Waals surface area contributed by atoms with Gasteiger partial charge in [-0.1, -0.05) is 44.2 Å². The highest BCUT2D eigenvalue weighted by molar-refractivity contribution is 9.10. The molecule has 0 aliphatic heterocycles. The number of anilines is 1. The zero-order valence-electron chi connectivity index (χ0n) is 10.6. The lowest BCUT2D eigenvalue weighted by Crippen LogP contribution is -2.14. The van der Waals surface area contributed by atoms with E-state index in [4.69, 9.17) is 11.6 Å². The molecule has 1 aromatic carbocycles. The van der Waals surface area contributed by atoms with E-state index >= 15 is 0 Å². The minimum Gasteiger partial charge on any atom is -0.383 e. The lowest BCUT2D eigenvalue weighted by atomic mass is 10.1. The third-order valence-corrected chi connectivity index (χ3v) is 4.04. The fourth-order valence-electron chi connectivity index (χ4n) is 1.82. The van der Waals surface area contributed by atoms with Crippen LogP contribution in [0, 0.1) is 0 Å². The van der Waals surface area contributed by atoms with Gasteiger partial charge in [0.15, 0.2) is 0 Å². The summed E-state index contributed by atoms with van der Waals surface area (Å²) in [5.74, 6) is 0. The topological polar surface area (TPSA) is 12.0 Å². The molecule has 1 unspecified atom stereocenters. The molecular weight excluding hydrogens is 298 g/mol. The molecule has 0 saturated carbocycles. The van der Waals surface area contributed by atoms with Crippen molar-refractivity contribution in [3.8, 4) is 0 Å². The first-order valence-electron chi connectivity index (χ1n) is 6.35. The molecule has 1 N–H and O–H groups in total. The second kappa shape index (κ2) is 7.99. The average molecular weight is 319 g/mol. The van der Waals surface area contributed by atoms with Gasteiger partial charge in [-0.15, -0.1) is 0 Å². The van der Waals surface area contributed by atoms with Gasteiger partial charge in [0.1, 0.15) is 0 Å². The summed E-state index contributed by atoms with van der Waals surface area (Å²) >= 11 is 9.40. The molecule has 0 fully saturated rings. The molecule has 0 aromatic heterocycles. The van der Waals surface area contributed by atoms with Crippen LogP contribution in [-0.4, -0.2) is 6.04 Å². The summed E-state index contributed by atoms with van der Waals surface area (Å²) in [4.78, 5) is 0. The van der Waals surface area contributed by atoms with Crippen molar-refractivity contribution in [1.82, 2.24) is 0 Å². The Balaban J connectivity index is 2.34. The second-order valence-electron chi connectivity index (χ2n) is 4.52. The van der Waals surface area contributed by atoms with Gasteiger partial charge in [-0.25, -0.2) is 0 Å². The molecule has 0 spiro atoms. The molecule has 0 heterocycles. The van der Waals surface area contributed by atoms with Crippen molar-refractivity contribution >= 4 is 33.2 Å². The normalized spacial score (nSPS) is 12.5. The highest BCUT2D eigenvalue weighted by Crippen LogP contribution is 2.26. The maximum Gasteiger partial charge on any atom is 0.0549 e. The first kappa shape index (κ1) is 14.8. The molecule has 0 radical (unpaired) electrons. The van der Waals surface area contributed by atoms with Gasteiger partial charge in [0.05, 0.1) is 5.02 Å². The van der Waals surface area contributed by atoms with Crippen LogP contribution in [0.2, 0.25) is 5.02 Å². The smallest absolute Gasteiger partial charge is 0.0549 e. The van der Waals surface area contributed by atoms with Crippen LogP contribution in [0.25, 0.3) is 0 Å². The summed E-state index contributed by atoms with van der Waals surface area (Å²) in [5, 5.41) is 4.25. The van der Waals surface area contributed by atoms with E-state index in [1.807, 2.05) is 18.2 Å². The van der Waals surface area contributed by atoms with Crippen LogP contribution in [0.15, 0.2) is 22.7 Å². The lowest BCUT2D eigenvalue weighted by Gasteiger charge is -2.15. The molecule has 3 heteroatoms. The minimum absolute atomic E-state index is 0.514. The van der Waals surface area contributed by atoms with E-state index in [2.05, 4.69) is 35.1 Å². The fourth-order valence-corrected chi connectivity index (χ4v) is 2.32. The van der Waals surface area contributed by atoms with Crippen molar-refractivity contribution in [3.05, 3.63) is 27.7 Å². The minimum atomic E-state index is 0.514. The summed E-state index contributed by atoms with van der Waals surface area (Å²) in [5.41, 5.74) is 1.13. The van der Waals surface area contributed by atoms with E-state index in [-0.39, 0.29) is 0 Å². The van der Waals surface area contributed by atoms with Crippen molar-refractivity contribution in [2.45, 2.75) is 52.0 Å². The molecule has 0 saturated heterocycles. The van der Waals surface area contributed by atoms with E-state index in [0.717, 1.165) is 15.2 Å². The van der Waals surface area contributed by atoms with E-state index in [1.165, 1.54) is 32.1 Å². The van der Waals surface area contributed by atoms with Crippen molar-refractivity contribution in [1.29, 1.82) is 0 Å². The monoisotopic (exact) mass is 317 g/mol. The number of hydrogen-bond acceptors (Lipinski definition) is 1. The molecule has 1 rings (SSSR count). The van der Waals surface area contributed by atoms with E-state index in [0.29, 0.717) is 6.04 Å². The maximum atomic E-state index is 5.96. The molecule has 1 nitrogen and oxygen atoms in total. The first-order valence-corrected chi connectivity index (χ1v) is 7.52. The second-order valence-corrected chi connectivity index (χ2v) is 5.79. The molecule has 17 heavy (non-hydrogen) atoms. The Morgan fingerprint density at radius 1 is 1.29 bits per heavy atom. The molecule has 96 valence electrons. The molecule has 1 aromatic rings. The molecule has 0 aliphatic carbocycles. The summed E-state index contributed by atoms with van der Waals surface area (Å²) in [6.45, 7) is 4.47. The maximum absolute atomic E-state index is 5.96. The Morgan fingerprint density at radius 2 is 2.06 bits per heavy atom. The predicted octanol–water partition coefficient (Wildman–Crippen LogP) is 5.87. The summed E-state index contributed by atoms with van der Waals surface area (Å²) < 4.78 is 0.947. The van der Waals surface area contributed by atoms with Crippen LogP contribution in [0.5, 0.6) is 0 Å². The van der Waals surface area contributed by atoms with Crippen LogP contribution in [-0.2, 0) is 0 Å². The van der Waals surface area contributed by atoms with E-state index in [1.54, 1.807) is 0 Å². The lowest BCUT2D eigenvalue weighted by molar-refractivity contribution is 0.594. The third kappa shape index (κ3) is 5.78. The van der Waals surface area contributed by atoms with Crippen LogP contribution in [0.1, 0.15) is 46.0 Å². The van der Waals surface area contributed by atoms with Gasteiger partial charge in [-0.3, -0.25) is 0 Å². The van der Waals surface area contributed by atoms with Gasteiger partial charge in [0, 0.05) is 16.2 Å². The summed E-state index contributed by atoms with van der Waals surface area (Å²) in [7, 11) is 0. The third-order valence-electron chi connectivity index (χ3n) is 2.82. The number of unbranched alkanes of at least 4 members (excludes halogenated alkanes) is 3. The zero-order chi connectivity index (χ0) is 12.7. The molecule has 1 atom stereocenters. The van der Waals surface area contributed by atoms with Gasteiger partial charge in [-0.05, 0) is 47.5 Å². The molecule has 0 aliphatic rings. The largest absolute Gasteiger partial charge is 0.383 e. The van der Waals surface area contributed by atoms with Gasteiger partial charge in [-0.2, -0.15) is 0 Å². The van der Waals surface area contributed by atoms with Gasteiger partial charge < -0.3 is 5.32 Å². The van der Waals surface area contributed by atoms with Crippen LogP contribution in [0.3, 0.4) is 0 Å². The Morgan fingerprint density at radius 3 is 2.71 bits per heavy atom. The average Bonchev–Trinajstić information content (AvgIpc) is 2.30. The molecule has 0 bridgehead atoms. The summed E-state index contributed by atoms with van der Waals surface area (Å²) in [6, 6.07) is 6.48. The highest BCUT2D eigenvalue weighted by atomic mass is 79.9. The highest BCUT2D eigenvalue weighted by Gasteiger charge is 2.03. The number of hydrogen-bond donors (Lipinski definition) is 1. The van der Waals surface area contributed by atoms with Crippen LogP contribution in [0.4, 0.5) is 5.69 Å². The van der Waals surface area contributed by atoms with Crippen LogP contribution < -0.4 is 5.32 Å². The first-order chi connectivity index (χ1) is 8.13. The fraction of sp³-hybridized carbons (Fsp3) is 0.571. The number of nitrogens with one attached hydrogen (secondary N) is 1. The van der Waals surface area contributed by atoms with Gasteiger partial charge in [0.25, 0.3) is 0 Å². The standard InChI is InChI=1S/C14H21BrClN/c1-3-4-5-6-7-11(2)17-12-8-9-14(16)13(15)10-12/h8-11,17H,3-7H2,1-2H3. The summed E-state index contributed by atoms with van der Waals surface area (Å²) in [6.07, 6.45) is 6.51. The zero-order valence-corrected chi connectivity index (χ0v) is 12.9. The Hall–Kier alpha value is -0.210. The number of halogens is 2. The van der Waals surface area contributed by atoms with Crippen LogP contribution >= 0.6 is 27.5 Å². The quantitative estimate of drug-likeness (QED) is 0.620. The van der Waals surface area contributed by atoms with Gasteiger partial charge in [0.2, 0.25) is 0 Å². The van der Waals surface area contributed by atoms with Crippen molar-refractivity contribution in [2.24, 2.45) is 0 Å². The Labute approximate surface area is 118 Å².